The number of hydrogen-bond donors (Lipinski definition) is 1. The topological polar surface area (TPSA) is 88.7 Å². The van der Waals surface area contributed by atoms with E-state index in [1.165, 1.54) is 40.5 Å². The van der Waals surface area contributed by atoms with Crippen molar-refractivity contribution in [1.29, 1.82) is 0 Å². The highest BCUT2D eigenvalue weighted by Crippen LogP contribution is 2.68. The molecule has 7 nitrogen and oxygen atoms in total. The van der Waals surface area contributed by atoms with Crippen LogP contribution in [0.15, 0.2) is 52.3 Å². The number of rotatable bonds is 4. The normalized spacial score (nSPS) is 31.3. The predicted molar refractivity (Wildman–Crippen MR) is 137 cm³/mol. The van der Waals surface area contributed by atoms with Gasteiger partial charge in [0.1, 0.15) is 5.82 Å². The number of anilines is 1. The first-order chi connectivity index (χ1) is 17.9. The van der Waals surface area contributed by atoms with Crippen LogP contribution in [0.5, 0.6) is 11.5 Å². The zero-order chi connectivity index (χ0) is 25.6. The molecule has 1 saturated heterocycles. The third-order valence-corrected chi connectivity index (χ3v) is 11.2. The van der Waals surface area contributed by atoms with Crippen LogP contribution < -0.4 is 19.2 Å². The molecule has 10 heteroatoms. The summed E-state index contributed by atoms with van der Waals surface area (Å²) in [6.07, 6.45) is 0.801. The number of imide groups is 1. The zero-order valence-corrected chi connectivity index (χ0v) is 21.6. The van der Waals surface area contributed by atoms with Crippen molar-refractivity contribution >= 4 is 40.6 Å². The standard InChI is InChI=1S/C27H23FN2O5S2/c1-34-16-8-3-11(9-17(16)35-2)18-19-14-10-15(22(19)36-24-23(18)37-27(33)29-24)21-20(14)25(31)30(26(21)32)13-6-4-12(28)5-7-13/h3-9,14-15,18-22H,10H2,1-2H3,(H,29,33)/t14-,15+,18+,19-,20+,21+,22-/m1/s1. The third kappa shape index (κ3) is 3.15. The minimum atomic E-state index is -0.413. The largest absolute Gasteiger partial charge is 0.493 e. The number of thioether (sulfide) groups is 1. The summed E-state index contributed by atoms with van der Waals surface area (Å²) in [6, 6.07) is 11.4. The van der Waals surface area contributed by atoms with E-state index in [2.05, 4.69) is 4.98 Å². The quantitative estimate of drug-likeness (QED) is 0.499. The van der Waals surface area contributed by atoms with Crippen LogP contribution in [-0.4, -0.2) is 36.3 Å². The molecule has 7 rings (SSSR count). The molecule has 0 spiro atoms. The van der Waals surface area contributed by atoms with Crippen molar-refractivity contribution < 1.29 is 23.5 Å². The highest BCUT2D eigenvalue weighted by Gasteiger charge is 2.69. The van der Waals surface area contributed by atoms with Crippen LogP contribution in [0, 0.1) is 35.4 Å². The van der Waals surface area contributed by atoms with Gasteiger partial charge in [0, 0.05) is 16.0 Å². The Morgan fingerprint density at radius 3 is 2.35 bits per heavy atom. The van der Waals surface area contributed by atoms with Gasteiger partial charge in [0.05, 0.1) is 36.8 Å². The number of ether oxygens (including phenoxy) is 2. The number of H-pyrrole nitrogens is 1. The number of hydrogen-bond acceptors (Lipinski definition) is 7. The first-order valence-corrected chi connectivity index (χ1v) is 13.9. The molecular weight excluding hydrogens is 515 g/mol. The summed E-state index contributed by atoms with van der Waals surface area (Å²) < 4.78 is 24.6. The first-order valence-electron chi connectivity index (χ1n) is 12.2. The van der Waals surface area contributed by atoms with Gasteiger partial charge in [-0.15, -0.1) is 11.8 Å². The molecule has 3 fully saturated rings. The zero-order valence-electron chi connectivity index (χ0n) is 20.0. The molecule has 2 bridgehead atoms. The van der Waals surface area contributed by atoms with Gasteiger partial charge in [-0.2, -0.15) is 0 Å². The Bertz CT molecular complexity index is 1500. The number of aromatic amines is 1. The van der Waals surface area contributed by atoms with Crippen molar-refractivity contribution in [1.82, 2.24) is 4.98 Å². The Hall–Kier alpha value is -3.11. The van der Waals surface area contributed by atoms with E-state index >= 15 is 0 Å². The number of methoxy groups -OCH3 is 2. The average Bonchev–Trinajstić information content (AvgIpc) is 3.63. The predicted octanol–water partition coefficient (Wildman–Crippen LogP) is 4.27. The number of fused-ring (bicyclic) bond motifs is 9. The summed E-state index contributed by atoms with van der Waals surface area (Å²) in [7, 11) is 3.18. The average molecular weight is 539 g/mol. The van der Waals surface area contributed by atoms with Gasteiger partial charge < -0.3 is 14.5 Å². The Balaban J connectivity index is 1.32. The maximum atomic E-state index is 13.7. The van der Waals surface area contributed by atoms with Crippen molar-refractivity contribution in [2.24, 2.45) is 29.6 Å². The molecule has 190 valence electrons. The van der Waals surface area contributed by atoms with Crippen molar-refractivity contribution in [2.45, 2.75) is 22.6 Å². The SMILES string of the molecule is COc1ccc([C@@H]2c3sc(=O)[nH]c3S[C@@H]3[C@H]4C[C@@H]([C@@H]5C(=O)N(c6ccc(F)cc6)C(=O)[C@@H]45)[C@H]23)cc1OC. The third-order valence-electron chi connectivity index (χ3n) is 8.58. The van der Waals surface area contributed by atoms with Crippen LogP contribution >= 0.6 is 23.1 Å². The van der Waals surface area contributed by atoms with E-state index in [1.54, 1.807) is 26.0 Å². The smallest absolute Gasteiger partial charge is 0.305 e. The van der Waals surface area contributed by atoms with Crippen molar-refractivity contribution in [3.05, 3.63) is 68.4 Å². The maximum absolute atomic E-state index is 13.7. The molecule has 2 aliphatic carbocycles. The maximum Gasteiger partial charge on any atom is 0.305 e. The summed E-state index contributed by atoms with van der Waals surface area (Å²) >= 11 is 2.86. The molecule has 2 saturated carbocycles. The second kappa shape index (κ2) is 8.19. The van der Waals surface area contributed by atoms with Crippen LogP contribution in [0.3, 0.4) is 0 Å². The van der Waals surface area contributed by atoms with E-state index in [-0.39, 0.29) is 45.6 Å². The van der Waals surface area contributed by atoms with Crippen LogP contribution in [0.25, 0.3) is 0 Å². The lowest BCUT2D eigenvalue weighted by atomic mass is 9.68. The molecule has 2 amide bonds. The molecule has 37 heavy (non-hydrogen) atoms. The van der Waals surface area contributed by atoms with Gasteiger partial charge in [0.25, 0.3) is 0 Å². The van der Waals surface area contributed by atoms with Gasteiger partial charge in [-0.05, 0) is 66.1 Å². The number of carbonyl (C=O) groups excluding carboxylic acids is 2. The molecular formula is C27H23FN2O5S2. The number of nitrogens with zero attached hydrogens (tertiary/aromatic N) is 1. The number of aromatic nitrogens is 1. The Morgan fingerprint density at radius 1 is 0.946 bits per heavy atom. The van der Waals surface area contributed by atoms with E-state index < -0.39 is 17.7 Å². The summed E-state index contributed by atoms with van der Waals surface area (Å²) in [6.45, 7) is 0. The number of amides is 2. The molecule has 7 atom stereocenters. The summed E-state index contributed by atoms with van der Waals surface area (Å²) in [5.74, 6) is -0.394. The van der Waals surface area contributed by atoms with E-state index in [0.717, 1.165) is 21.9 Å². The molecule has 3 aromatic rings. The molecule has 4 aliphatic rings. The van der Waals surface area contributed by atoms with Crippen molar-refractivity contribution in [3.8, 4) is 11.5 Å². The number of halogens is 1. The fourth-order valence-electron chi connectivity index (χ4n) is 7.28. The lowest BCUT2D eigenvalue weighted by Crippen LogP contribution is -2.42. The number of carbonyl (C=O) groups is 2. The van der Waals surface area contributed by atoms with Gasteiger partial charge in [-0.25, -0.2) is 4.39 Å². The molecule has 1 N–H and O–H groups in total. The monoisotopic (exact) mass is 538 g/mol. The van der Waals surface area contributed by atoms with Crippen molar-refractivity contribution in [2.75, 3.05) is 19.1 Å². The van der Waals surface area contributed by atoms with Gasteiger partial charge in [0.2, 0.25) is 11.8 Å². The van der Waals surface area contributed by atoms with Crippen LogP contribution in [0.2, 0.25) is 0 Å². The second-order valence-corrected chi connectivity index (χ2v) is 12.3. The van der Waals surface area contributed by atoms with Crippen LogP contribution in [0.1, 0.15) is 22.8 Å². The van der Waals surface area contributed by atoms with E-state index in [4.69, 9.17) is 9.47 Å². The number of benzene rings is 2. The second-order valence-electron chi connectivity index (χ2n) is 10.1. The Morgan fingerprint density at radius 2 is 1.65 bits per heavy atom. The fraction of sp³-hybridized carbons (Fsp3) is 0.370. The number of nitrogens with one attached hydrogen (secondary N) is 1. The minimum Gasteiger partial charge on any atom is -0.493 e. The number of thiazole rings is 1. The molecule has 2 aliphatic heterocycles. The highest BCUT2D eigenvalue weighted by molar-refractivity contribution is 8.00. The summed E-state index contributed by atoms with van der Waals surface area (Å²) in [4.78, 5) is 44.9. The molecule has 3 heterocycles. The van der Waals surface area contributed by atoms with E-state index in [1.807, 2.05) is 18.2 Å². The molecule has 2 aromatic carbocycles. The fourth-order valence-corrected chi connectivity index (χ4v) is 10.2. The Kier molecular flexibility index (Phi) is 5.10. The summed E-state index contributed by atoms with van der Waals surface area (Å²) in [5.41, 5.74) is 1.42. The molecule has 0 radical (unpaired) electrons. The van der Waals surface area contributed by atoms with E-state index in [9.17, 15) is 18.8 Å². The Labute approximate surface area is 220 Å². The van der Waals surface area contributed by atoms with Gasteiger partial charge in [-0.3, -0.25) is 19.3 Å². The first kappa shape index (κ1) is 23.0. The summed E-state index contributed by atoms with van der Waals surface area (Å²) in [5, 5.41) is 0.944. The minimum absolute atomic E-state index is 0.00199. The lowest BCUT2D eigenvalue weighted by molar-refractivity contribution is -0.123. The lowest BCUT2D eigenvalue weighted by Gasteiger charge is -2.43. The molecule has 0 unspecified atom stereocenters. The molecule has 1 aromatic heterocycles. The highest BCUT2D eigenvalue weighted by atomic mass is 32.2. The van der Waals surface area contributed by atoms with E-state index in [0.29, 0.717) is 17.2 Å². The van der Waals surface area contributed by atoms with Crippen molar-refractivity contribution in [3.63, 3.8) is 0 Å². The van der Waals surface area contributed by atoms with Gasteiger partial charge >= 0.3 is 4.87 Å². The van der Waals surface area contributed by atoms with Crippen LogP contribution in [0.4, 0.5) is 10.1 Å². The van der Waals surface area contributed by atoms with Crippen LogP contribution in [-0.2, 0) is 9.59 Å². The van der Waals surface area contributed by atoms with Gasteiger partial charge in [0.15, 0.2) is 11.5 Å². The van der Waals surface area contributed by atoms with Gasteiger partial charge in [-0.1, -0.05) is 17.4 Å².